The van der Waals surface area contributed by atoms with Crippen LogP contribution in [-0.2, 0) is 6.42 Å². The third-order valence-corrected chi connectivity index (χ3v) is 4.81. The number of hydrogen-bond acceptors (Lipinski definition) is 2. The number of rotatable bonds is 2. The van der Waals surface area contributed by atoms with Crippen LogP contribution in [0.1, 0.15) is 42.9 Å². The van der Waals surface area contributed by atoms with Gasteiger partial charge in [0.15, 0.2) is 0 Å². The fourth-order valence-electron chi connectivity index (χ4n) is 3.73. The van der Waals surface area contributed by atoms with E-state index in [9.17, 15) is 13.2 Å². The summed E-state index contributed by atoms with van der Waals surface area (Å²) in [4.78, 5) is 0. The van der Waals surface area contributed by atoms with Crippen molar-refractivity contribution in [1.29, 1.82) is 0 Å². The largest absolute Gasteiger partial charge is 0.493 e. The van der Waals surface area contributed by atoms with Crippen LogP contribution in [0.4, 0.5) is 13.2 Å². The first-order valence-electron chi connectivity index (χ1n) is 7.55. The molecule has 1 heterocycles. The van der Waals surface area contributed by atoms with E-state index in [2.05, 4.69) is 0 Å². The van der Waals surface area contributed by atoms with Crippen molar-refractivity contribution in [2.24, 2.45) is 17.6 Å². The summed E-state index contributed by atoms with van der Waals surface area (Å²) in [6.07, 6.45) is -1.17. The molecule has 2 aliphatic rings. The second-order valence-corrected chi connectivity index (χ2v) is 6.06. The summed E-state index contributed by atoms with van der Waals surface area (Å²) in [7, 11) is 0. The van der Waals surface area contributed by atoms with E-state index in [0.717, 1.165) is 29.7 Å². The molecular weight excluding hydrogens is 279 g/mol. The zero-order chi connectivity index (χ0) is 15.0. The van der Waals surface area contributed by atoms with Gasteiger partial charge in [0, 0.05) is 18.0 Å². The Morgan fingerprint density at radius 2 is 1.95 bits per heavy atom. The summed E-state index contributed by atoms with van der Waals surface area (Å²) >= 11 is 0. The van der Waals surface area contributed by atoms with E-state index in [-0.39, 0.29) is 6.42 Å². The molecule has 3 rings (SSSR count). The van der Waals surface area contributed by atoms with Gasteiger partial charge in [-0.15, -0.1) is 0 Å². The van der Waals surface area contributed by atoms with E-state index < -0.39 is 24.1 Å². The Labute approximate surface area is 122 Å². The Hall–Kier alpha value is -1.23. The number of ether oxygens (including phenoxy) is 1. The smallest absolute Gasteiger partial charge is 0.392 e. The summed E-state index contributed by atoms with van der Waals surface area (Å²) in [6, 6.07) is 5.04. The maximum Gasteiger partial charge on any atom is 0.392 e. The van der Waals surface area contributed by atoms with Crippen LogP contribution in [0.3, 0.4) is 0 Å². The molecule has 1 aliphatic carbocycles. The minimum Gasteiger partial charge on any atom is -0.493 e. The lowest BCUT2D eigenvalue weighted by Crippen LogP contribution is -2.38. The van der Waals surface area contributed by atoms with Crippen LogP contribution in [0.5, 0.6) is 5.75 Å². The van der Waals surface area contributed by atoms with E-state index >= 15 is 0 Å². The molecule has 116 valence electrons. The quantitative estimate of drug-likeness (QED) is 0.896. The van der Waals surface area contributed by atoms with Crippen molar-refractivity contribution in [1.82, 2.24) is 0 Å². The normalized spacial score (nSPS) is 27.0. The van der Waals surface area contributed by atoms with Crippen molar-refractivity contribution in [3.05, 3.63) is 29.3 Å². The van der Waals surface area contributed by atoms with E-state index in [1.165, 1.54) is 0 Å². The molecule has 3 unspecified atom stereocenters. The molecule has 1 aliphatic heterocycles. The van der Waals surface area contributed by atoms with Crippen molar-refractivity contribution in [3.8, 4) is 5.75 Å². The third-order valence-electron chi connectivity index (χ3n) is 4.81. The molecule has 0 radical (unpaired) electrons. The maximum atomic E-state index is 13.3. The summed E-state index contributed by atoms with van der Waals surface area (Å²) in [5.74, 6) is -1.12. The van der Waals surface area contributed by atoms with E-state index in [1.807, 2.05) is 18.2 Å². The highest BCUT2D eigenvalue weighted by molar-refractivity contribution is 5.45. The van der Waals surface area contributed by atoms with Crippen molar-refractivity contribution in [2.45, 2.75) is 44.3 Å². The Bertz CT molecular complexity index is 515. The lowest BCUT2D eigenvalue weighted by Gasteiger charge is -2.37. The number of alkyl halides is 3. The van der Waals surface area contributed by atoms with E-state index in [4.69, 9.17) is 10.5 Å². The van der Waals surface area contributed by atoms with Crippen LogP contribution in [-0.4, -0.2) is 12.8 Å². The average Bonchev–Trinajstić information content (AvgIpc) is 2.94. The zero-order valence-corrected chi connectivity index (χ0v) is 11.8. The highest BCUT2D eigenvalue weighted by atomic mass is 19.4. The van der Waals surface area contributed by atoms with Gasteiger partial charge in [-0.3, -0.25) is 0 Å². The van der Waals surface area contributed by atoms with Gasteiger partial charge in [-0.1, -0.05) is 31.0 Å². The molecule has 1 aromatic rings. The van der Waals surface area contributed by atoms with Crippen LogP contribution >= 0.6 is 0 Å². The Balaban J connectivity index is 1.90. The van der Waals surface area contributed by atoms with Gasteiger partial charge in [0.05, 0.1) is 12.5 Å². The van der Waals surface area contributed by atoms with Gasteiger partial charge in [-0.2, -0.15) is 13.2 Å². The monoisotopic (exact) mass is 299 g/mol. The molecule has 1 fully saturated rings. The second-order valence-electron chi connectivity index (χ2n) is 6.06. The number of hydrogen-bond donors (Lipinski definition) is 1. The zero-order valence-electron chi connectivity index (χ0n) is 11.8. The Kier molecular flexibility index (Phi) is 3.86. The number of benzene rings is 1. The molecule has 1 aromatic carbocycles. The van der Waals surface area contributed by atoms with Gasteiger partial charge in [0.2, 0.25) is 0 Å². The summed E-state index contributed by atoms with van der Waals surface area (Å²) in [5.41, 5.74) is 8.05. The van der Waals surface area contributed by atoms with Gasteiger partial charge in [-0.05, 0) is 24.3 Å². The number of halogens is 3. The van der Waals surface area contributed by atoms with Gasteiger partial charge in [0.25, 0.3) is 0 Å². The highest BCUT2D eigenvalue weighted by Crippen LogP contribution is 2.47. The number of fused-ring (bicyclic) bond motifs is 1. The standard InChI is InChI=1S/C16H20F3NO/c17-16(18,19)13-7-2-1-5-11(13)14(20)12-6-3-4-10-8-9-21-15(10)12/h3-4,6,11,13-14H,1-2,5,7-9,20H2. The molecule has 2 nitrogen and oxygen atoms in total. The fraction of sp³-hybridized carbons (Fsp3) is 0.625. The molecule has 0 aromatic heterocycles. The van der Waals surface area contributed by atoms with E-state index in [0.29, 0.717) is 19.4 Å². The third kappa shape index (κ3) is 2.76. The lowest BCUT2D eigenvalue weighted by molar-refractivity contribution is -0.198. The summed E-state index contributed by atoms with van der Waals surface area (Å²) in [6.45, 7) is 0.590. The average molecular weight is 299 g/mol. The topological polar surface area (TPSA) is 35.2 Å². The first-order valence-corrected chi connectivity index (χ1v) is 7.55. The summed E-state index contributed by atoms with van der Waals surface area (Å²) in [5, 5.41) is 0. The highest BCUT2D eigenvalue weighted by Gasteiger charge is 2.47. The summed E-state index contributed by atoms with van der Waals surface area (Å²) < 4.78 is 45.4. The minimum atomic E-state index is -4.17. The van der Waals surface area contributed by atoms with Gasteiger partial charge >= 0.3 is 6.18 Å². The van der Waals surface area contributed by atoms with Crippen molar-refractivity contribution >= 4 is 0 Å². The molecule has 1 saturated carbocycles. The van der Waals surface area contributed by atoms with Gasteiger partial charge in [-0.25, -0.2) is 0 Å². The van der Waals surface area contributed by atoms with Gasteiger partial charge < -0.3 is 10.5 Å². The molecule has 0 amide bonds. The predicted octanol–water partition coefficient (Wildman–Crippen LogP) is 3.99. The second kappa shape index (κ2) is 5.52. The lowest BCUT2D eigenvalue weighted by atomic mass is 9.73. The molecule has 0 bridgehead atoms. The number of para-hydroxylation sites is 1. The van der Waals surface area contributed by atoms with Crippen LogP contribution in [0.15, 0.2) is 18.2 Å². The minimum absolute atomic E-state index is 0.192. The maximum absolute atomic E-state index is 13.3. The van der Waals surface area contributed by atoms with Crippen molar-refractivity contribution in [3.63, 3.8) is 0 Å². The molecular formula is C16H20F3NO. The van der Waals surface area contributed by atoms with Crippen LogP contribution in [0, 0.1) is 11.8 Å². The first kappa shape index (κ1) is 14.7. The molecule has 2 N–H and O–H groups in total. The predicted molar refractivity (Wildman–Crippen MR) is 74.1 cm³/mol. The number of nitrogens with two attached hydrogens (primary N) is 1. The van der Waals surface area contributed by atoms with Crippen molar-refractivity contribution < 1.29 is 17.9 Å². The SMILES string of the molecule is NC(c1cccc2c1OCC2)C1CCCCC1C(F)(F)F. The molecule has 5 heteroatoms. The molecule has 0 saturated heterocycles. The Morgan fingerprint density at radius 1 is 1.19 bits per heavy atom. The first-order chi connectivity index (χ1) is 9.98. The van der Waals surface area contributed by atoms with Crippen LogP contribution in [0.2, 0.25) is 0 Å². The van der Waals surface area contributed by atoms with Crippen LogP contribution < -0.4 is 10.5 Å². The molecule has 21 heavy (non-hydrogen) atoms. The fourth-order valence-corrected chi connectivity index (χ4v) is 3.73. The van der Waals surface area contributed by atoms with E-state index in [1.54, 1.807) is 0 Å². The van der Waals surface area contributed by atoms with Crippen molar-refractivity contribution in [2.75, 3.05) is 6.61 Å². The van der Waals surface area contributed by atoms with Gasteiger partial charge in [0.1, 0.15) is 5.75 Å². The Morgan fingerprint density at radius 3 is 2.71 bits per heavy atom. The molecule has 0 spiro atoms. The van der Waals surface area contributed by atoms with Crippen LogP contribution in [0.25, 0.3) is 0 Å². The molecule has 3 atom stereocenters.